The van der Waals surface area contributed by atoms with Crippen molar-refractivity contribution in [2.45, 2.75) is 62.6 Å². The quantitative estimate of drug-likeness (QED) is 0.750. The highest BCUT2D eigenvalue weighted by molar-refractivity contribution is 5.71. The van der Waals surface area contributed by atoms with Gasteiger partial charge < -0.3 is 14.4 Å². The van der Waals surface area contributed by atoms with Gasteiger partial charge in [0.15, 0.2) is 0 Å². The molecule has 6 nitrogen and oxygen atoms in total. The minimum atomic E-state index is -4.45. The lowest BCUT2D eigenvalue weighted by molar-refractivity contribution is -0.159. The zero-order valence-corrected chi connectivity index (χ0v) is 15.9. The van der Waals surface area contributed by atoms with Gasteiger partial charge >= 0.3 is 18.4 Å². The van der Waals surface area contributed by atoms with Crippen LogP contribution in [0.4, 0.5) is 22.8 Å². The average Bonchev–Trinajstić information content (AvgIpc) is 2.94. The Morgan fingerprint density at radius 3 is 2.41 bits per heavy atom. The number of halogens is 3. The van der Waals surface area contributed by atoms with Gasteiger partial charge in [-0.2, -0.15) is 13.2 Å². The first-order chi connectivity index (χ1) is 13.7. The van der Waals surface area contributed by atoms with E-state index < -0.39 is 30.5 Å². The van der Waals surface area contributed by atoms with Crippen molar-refractivity contribution >= 4 is 12.2 Å². The van der Waals surface area contributed by atoms with E-state index in [4.69, 9.17) is 9.47 Å². The minimum Gasteiger partial charge on any atom is -0.445 e. The molecule has 1 spiro atoms. The van der Waals surface area contributed by atoms with E-state index in [-0.39, 0.29) is 25.2 Å². The Hall–Kier alpha value is -2.45. The van der Waals surface area contributed by atoms with Crippen molar-refractivity contribution < 1.29 is 32.2 Å². The molecule has 3 heterocycles. The van der Waals surface area contributed by atoms with E-state index in [2.05, 4.69) is 0 Å². The molecule has 4 rings (SSSR count). The van der Waals surface area contributed by atoms with E-state index in [0.717, 1.165) is 18.4 Å². The Bertz CT molecular complexity index is 757. The predicted molar refractivity (Wildman–Crippen MR) is 96.0 cm³/mol. The summed E-state index contributed by atoms with van der Waals surface area (Å²) in [7, 11) is 0. The number of alkyl halides is 3. The molecule has 2 unspecified atom stereocenters. The maximum atomic E-state index is 12.6. The molecule has 2 atom stereocenters. The minimum absolute atomic E-state index is 0.0102. The number of carbonyl (C=O) groups excluding carboxylic acids is 2. The molecule has 0 saturated carbocycles. The van der Waals surface area contributed by atoms with E-state index in [1.165, 1.54) is 0 Å². The fourth-order valence-corrected chi connectivity index (χ4v) is 4.77. The van der Waals surface area contributed by atoms with Crippen LogP contribution in [0.1, 0.15) is 37.7 Å². The van der Waals surface area contributed by atoms with E-state index in [1.54, 1.807) is 4.90 Å². The summed E-state index contributed by atoms with van der Waals surface area (Å²) in [5.74, 6) is 0. The van der Waals surface area contributed by atoms with Crippen LogP contribution in [-0.4, -0.2) is 58.9 Å². The number of rotatable bonds is 3. The molecular weight excluding hydrogens is 389 g/mol. The van der Waals surface area contributed by atoms with Gasteiger partial charge in [-0.1, -0.05) is 30.3 Å². The molecule has 0 aromatic heterocycles. The lowest BCUT2D eigenvalue weighted by Crippen LogP contribution is -2.59. The van der Waals surface area contributed by atoms with E-state index in [0.29, 0.717) is 24.2 Å². The molecule has 2 bridgehead atoms. The van der Waals surface area contributed by atoms with Crippen molar-refractivity contribution in [2.24, 2.45) is 0 Å². The van der Waals surface area contributed by atoms with Crippen LogP contribution in [0.3, 0.4) is 0 Å². The number of nitrogens with zero attached hydrogens (tertiary/aromatic N) is 2. The normalized spacial score (nSPS) is 29.1. The third-order valence-electron chi connectivity index (χ3n) is 6.02. The number of carbonyl (C=O) groups is 2. The van der Waals surface area contributed by atoms with Gasteiger partial charge in [-0.3, -0.25) is 4.90 Å². The van der Waals surface area contributed by atoms with Crippen LogP contribution >= 0.6 is 0 Å². The molecule has 3 aliphatic heterocycles. The summed E-state index contributed by atoms with van der Waals surface area (Å²) >= 11 is 0. The van der Waals surface area contributed by atoms with E-state index >= 15 is 0 Å². The van der Waals surface area contributed by atoms with Crippen molar-refractivity contribution in [3.63, 3.8) is 0 Å². The molecule has 9 heteroatoms. The third-order valence-corrected chi connectivity index (χ3v) is 6.02. The Morgan fingerprint density at radius 2 is 1.83 bits per heavy atom. The standard InChI is InChI=1S/C20H23F3N2O4/c21-20(22,23)13-24-9-8-19(29-17(24)26)10-15-6-7-16(11-19)25(15)18(27)28-12-14-4-2-1-3-5-14/h1-5,15-16H,6-13H2. The number of hydrogen-bond acceptors (Lipinski definition) is 4. The Labute approximate surface area is 166 Å². The van der Waals surface area contributed by atoms with Gasteiger partial charge in [0, 0.05) is 37.9 Å². The molecule has 0 radical (unpaired) electrons. The van der Waals surface area contributed by atoms with Crippen molar-refractivity contribution in [3.05, 3.63) is 35.9 Å². The molecule has 3 saturated heterocycles. The molecule has 3 aliphatic rings. The molecule has 158 valence electrons. The lowest BCUT2D eigenvalue weighted by atomic mass is 9.82. The average molecular weight is 412 g/mol. The lowest BCUT2D eigenvalue weighted by Gasteiger charge is -2.48. The van der Waals surface area contributed by atoms with E-state index in [1.807, 2.05) is 30.3 Å². The van der Waals surface area contributed by atoms with E-state index in [9.17, 15) is 22.8 Å². The summed E-state index contributed by atoms with van der Waals surface area (Å²) in [6.45, 7) is -1.11. The number of benzene rings is 1. The second-order valence-corrected chi connectivity index (χ2v) is 8.08. The summed E-state index contributed by atoms with van der Waals surface area (Å²) in [4.78, 5) is 27.2. The van der Waals surface area contributed by atoms with Crippen molar-refractivity contribution in [1.82, 2.24) is 9.80 Å². The second-order valence-electron chi connectivity index (χ2n) is 8.08. The highest BCUT2D eigenvalue weighted by atomic mass is 19.4. The summed E-state index contributed by atoms with van der Waals surface area (Å²) < 4.78 is 48.8. The van der Waals surface area contributed by atoms with Gasteiger partial charge in [0.1, 0.15) is 18.8 Å². The number of ether oxygens (including phenoxy) is 2. The SMILES string of the molecule is O=C1OC2(CCN1CC(F)(F)F)CC1CCC(C2)N1C(=O)OCc1ccccc1. The Morgan fingerprint density at radius 1 is 1.17 bits per heavy atom. The maximum Gasteiger partial charge on any atom is 0.410 e. The zero-order valence-electron chi connectivity index (χ0n) is 15.9. The molecule has 0 aliphatic carbocycles. The monoisotopic (exact) mass is 412 g/mol. The van der Waals surface area contributed by atoms with Crippen molar-refractivity contribution in [2.75, 3.05) is 13.1 Å². The second kappa shape index (κ2) is 7.42. The smallest absolute Gasteiger partial charge is 0.410 e. The van der Waals surface area contributed by atoms with Crippen LogP contribution in [0, 0.1) is 0 Å². The number of piperidine rings is 1. The first-order valence-corrected chi connectivity index (χ1v) is 9.78. The molecule has 1 aromatic rings. The highest BCUT2D eigenvalue weighted by Crippen LogP contribution is 2.46. The molecule has 0 N–H and O–H groups in total. The summed E-state index contributed by atoms with van der Waals surface area (Å²) in [6, 6.07) is 9.13. The van der Waals surface area contributed by atoms with Gasteiger partial charge in [-0.25, -0.2) is 9.59 Å². The topological polar surface area (TPSA) is 59.1 Å². The van der Waals surface area contributed by atoms with Gasteiger partial charge in [0.25, 0.3) is 0 Å². The van der Waals surface area contributed by atoms with Gasteiger partial charge in [-0.05, 0) is 18.4 Å². The zero-order chi connectivity index (χ0) is 20.6. The summed E-state index contributed by atoms with van der Waals surface area (Å²) in [5.41, 5.74) is 0.106. The molecule has 1 aromatic carbocycles. The highest BCUT2D eigenvalue weighted by Gasteiger charge is 2.54. The van der Waals surface area contributed by atoms with Gasteiger partial charge in [-0.15, -0.1) is 0 Å². The van der Waals surface area contributed by atoms with Crippen LogP contribution in [-0.2, 0) is 16.1 Å². The Balaban J connectivity index is 1.37. The summed E-state index contributed by atoms with van der Waals surface area (Å²) in [5, 5.41) is 0. The molecule has 3 fully saturated rings. The van der Waals surface area contributed by atoms with Gasteiger partial charge in [0.05, 0.1) is 0 Å². The number of hydrogen-bond donors (Lipinski definition) is 0. The van der Waals surface area contributed by atoms with Crippen LogP contribution in [0.15, 0.2) is 30.3 Å². The Kier molecular flexibility index (Phi) is 5.08. The first-order valence-electron chi connectivity index (χ1n) is 9.78. The third kappa shape index (κ3) is 4.28. The fourth-order valence-electron chi connectivity index (χ4n) is 4.77. The number of amides is 2. The number of fused-ring (bicyclic) bond motifs is 2. The molecule has 29 heavy (non-hydrogen) atoms. The first kappa shape index (κ1) is 19.8. The molecule has 2 amide bonds. The van der Waals surface area contributed by atoms with Crippen molar-refractivity contribution in [1.29, 1.82) is 0 Å². The van der Waals surface area contributed by atoms with Crippen LogP contribution in [0.5, 0.6) is 0 Å². The largest absolute Gasteiger partial charge is 0.445 e. The van der Waals surface area contributed by atoms with Crippen LogP contribution in [0.25, 0.3) is 0 Å². The summed E-state index contributed by atoms with van der Waals surface area (Å²) in [6.07, 6.45) is -2.99. The fraction of sp³-hybridized carbons (Fsp3) is 0.600. The molecular formula is C20H23F3N2O4. The van der Waals surface area contributed by atoms with Gasteiger partial charge in [0.2, 0.25) is 0 Å². The maximum absolute atomic E-state index is 12.6. The predicted octanol–water partition coefficient (Wildman–Crippen LogP) is 4.09. The van der Waals surface area contributed by atoms with Crippen LogP contribution < -0.4 is 0 Å². The van der Waals surface area contributed by atoms with Crippen LogP contribution in [0.2, 0.25) is 0 Å². The van der Waals surface area contributed by atoms with Crippen molar-refractivity contribution in [3.8, 4) is 0 Å².